The summed E-state index contributed by atoms with van der Waals surface area (Å²) in [5.41, 5.74) is 3.26. The van der Waals surface area contributed by atoms with Crippen LogP contribution in [0.5, 0.6) is 0 Å². The largest absolute Gasteiger partial charge is 0.382 e. The fourth-order valence-electron chi connectivity index (χ4n) is 3.46. The van der Waals surface area contributed by atoms with E-state index in [1.165, 1.54) is 6.07 Å². The van der Waals surface area contributed by atoms with Crippen LogP contribution >= 0.6 is 15.9 Å². The summed E-state index contributed by atoms with van der Waals surface area (Å²) in [5, 5.41) is 7.66. The van der Waals surface area contributed by atoms with E-state index in [4.69, 9.17) is 0 Å². The van der Waals surface area contributed by atoms with Gasteiger partial charge in [0, 0.05) is 21.5 Å². The highest BCUT2D eigenvalue weighted by Gasteiger charge is 2.18. The van der Waals surface area contributed by atoms with Gasteiger partial charge in [-0.05, 0) is 73.8 Å². The van der Waals surface area contributed by atoms with Gasteiger partial charge in [0.1, 0.15) is 11.6 Å². The Kier molecular flexibility index (Phi) is 6.36. The fraction of sp³-hybridized carbons (Fsp3) is 0.364. The number of rotatable bonds is 6. The van der Waals surface area contributed by atoms with Crippen molar-refractivity contribution in [2.75, 3.05) is 10.6 Å². The zero-order valence-corrected chi connectivity index (χ0v) is 18.7. The molecule has 0 radical (unpaired) electrons. The summed E-state index contributed by atoms with van der Waals surface area (Å²) < 4.78 is 27.5. The fourth-order valence-corrected chi connectivity index (χ4v) is 3.92. The van der Waals surface area contributed by atoms with Crippen molar-refractivity contribution in [2.45, 2.75) is 53.1 Å². The van der Waals surface area contributed by atoms with Crippen molar-refractivity contribution in [3.63, 3.8) is 0 Å². The van der Waals surface area contributed by atoms with E-state index in [-0.39, 0.29) is 17.6 Å². The van der Waals surface area contributed by atoms with E-state index in [1.54, 1.807) is 13.0 Å². The predicted octanol–water partition coefficient (Wildman–Crippen LogP) is 6.94. The van der Waals surface area contributed by atoms with Crippen molar-refractivity contribution >= 4 is 38.3 Å². The number of nitrogens with zero attached hydrogens (tertiary/aromatic N) is 2. The van der Waals surface area contributed by atoms with Gasteiger partial charge in [-0.15, -0.1) is 0 Å². The lowest BCUT2D eigenvalue weighted by Crippen LogP contribution is -2.12. The number of aromatic nitrogens is 2. The van der Waals surface area contributed by atoms with Gasteiger partial charge >= 0.3 is 0 Å². The Labute approximate surface area is 178 Å². The van der Waals surface area contributed by atoms with Gasteiger partial charge in [-0.1, -0.05) is 18.2 Å². The molecule has 1 unspecified atom stereocenters. The zero-order valence-electron chi connectivity index (χ0n) is 17.1. The third-order valence-corrected chi connectivity index (χ3v) is 5.47. The number of aryl methyl sites for hydroxylation is 1. The molecule has 29 heavy (non-hydrogen) atoms. The quantitative estimate of drug-likeness (QED) is 0.416. The molecule has 0 aliphatic rings. The van der Waals surface area contributed by atoms with Crippen LogP contribution in [0.25, 0.3) is 10.9 Å². The van der Waals surface area contributed by atoms with Crippen LogP contribution in [-0.4, -0.2) is 16.0 Å². The molecule has 0 saturated heterocycles. The van der Waals surface area contributed by atoms with E-state index in [0.717, 1.165) is 26.6 Å². The highest BCUT2D eigenvalue weighted by Crippen LogP contribution is 2.34. The van der Waals surface area contributed by atoms with Crippen molar-refractivity contribution in [1.29, 1.82) is 0 Å². The van der Waals surface area contributed by atoms with Gasteiger partial charge in [0.2, 0.25) is 0 Å². The standard InChI is InChI=1S/C22H25BrF2N4/c1-11(2)26-20-10-19-17(9-18(20)23)22(29-14(5)28-19)27-13(4)15-7-6-8-16(12(15)3)21(24)25/h6-11,13,21,26H,1-5H3,(H,27,28,29). The molecule has 0 saturated carbocycles. The Morgan fingerprint density at radius 3 is 2.31 bits per heavy atom. The first-order chi connectivity index (χ1) is 13.7. The molecular weight excluding hydrogens is 438 g/mol. The molecule has 0 aliphatic heterocycles. The van der Waals surface area contributed by atoms with Crippen LogP contribution in [0.4, 0.5) is 20.3 Å². The van der Waals surface area contributed by atoms with Crippen LogP contribution in [0.2, 0.25) is 0 Å². The van der Waals surface area contributed by atoms with Crippen molar-refractivity contribution in [1.82, 2.24) is 9.97 Å². The molecular formula is C22H25BrF2N4. The Morgan fingerprint density at radius 2 is 1.66 bits per heavy atom. The summed E-state index contributed by atoms with van der Waals surface area (Å²) in [6.07, 6.45) is -2.49. The van der Waals surface area contributed by atoms with Crippen molar-refractivity contribution in [3.8, 4) is 0 Å². The second-order valence-electron chi connectivity index (χ2n) is 7.50. The molecule has 7 heteroatoms. The molecule has 4 nitrogen and oxygen atoms in total. The molecule has 2 aromatic carbocycles. The van der Waals surface area contributed by atoms with Gasteiger partial charge in [0.25, 0.3) is 6.43 Å². The molecule has 1 aromatic heterocycles. The summed E-state index contributed by atoms with van der Waals surface area (Å²) in [6, 6.07) is 9.08. The zero-order chi connectivity index (χ0) is 21.3. The minimum atomic E-state index is -2.49. The number of halogens is 3. The molecule has 0 spiro atoms. The molecule has 3 rings (SSSR count). The van der Waals surface area contributed by atoms with Gasteiger partial charge in [-0.3, -0.25) is 0 Å². The van der Waals surface area contributed by atoms with Crippen LogP contribution < -0.4 is 10.6 Å². The molecule has 0 aliphatic carbocycles. The lowest BCUT2D eigenvalue weighted by atomic mass is 9.97. The number of nitrogens with one attached hydrogen (secondary N) is 2. The normalized spacial score (nSPS) is 12.6. The van der Waals surface area contributed by atoms with Crippen LogP contribution in [0.3, 0.4) is 0 Å². The van der Waals surface area contributed by atoms with Gasteiger partial charge in [0.05, 0.1) is 17.2 Å². The minimum Gasteiger partial charge on any atom is -0.382 e. The molecule has 3 aromatic rings. The maximum Gasteiger partial charge on any atom is 0.264 e. The molecule has 154 valence electrons. The maximum atomic E-state index is 13.3. The van der Waals surface area contributed by atoms with Crippen molar-refractivity contribution in [2.24, 2.45) is 0 Å². The van der Waals surface area contributed by atoms with E-state index >= 15 is 0 Å². The van der Waals surface area contributed by atoms with Crippen LogP contribution in [-0.2, 0) is 0 Å². The van der Waals surface area contributed by atoms with E-state index in [9.17, 15) is 8.78 Å². The summed E-state index contributed by atoms with van der Waals surface area (Å²) in [7, 11) is 0. The average molecular weight is 463 g/mol. The van der Waals surface area contributed by atoms with Crippen molar-refractivity contribution < 1.29 is 8.78 Å². The summed E-state index contributed by atoms with van der Waals surface area (Å²) in [4.78, 5) is 9.14. The predicted molar refractivity (Wildman–Crippen MR) is 119 cm³/mol. The van der Waals surface area contributed by atoms with Crippen LogP contribution in [0.15, 0.2) is 34.8 Å². The summed E-state index contributed by atoms with van der Waals surface area (Å²) in [5.74, 6) is 1.32. The Hall–Kier alpha value is -2.28. The monoisotopic (exact) mass is 462 g/mol. The highest BCUT2D eigenvalue weighted by molar-refractivity contribution is 9.10. The first kappa shape index (κ1) is 21.4. The molecule has 2 N–H and O–H groups in total. The van der Waals surface area contributed by atoms with Gasteiger partial charge < -0.3 is 10.6 Å². The van der Waals surface area contributed by atoms with Gasteiger partial charge in [-0.2, -0.15) is 0 Å². The molecule has 0 bridgehead atoms. The van der Waals surface area contributed by atoms with Gasteiger partial charge in [0.15, 0.2) is 0 Å². The number of benzene rings is 2. The Bertz CT molecular complexity index is 1040. The lowest BCUT2D eigenvalue weighted by molar-refractivity contribution is 0.150. The van der Waals surface area contributed by atoms with E-state index < -0.39 is 6.43 Å². The van der Waals surface area contributed by atoms with Crippen LogP contribution in [0, 0.1) is 13.8 Å². The summed E-state index contributed by atoms with van der Waals surface area (Å²) in [6.45, 7) is 9.68. The number of fused-ring (bicyclic) bond motifs is 1. The highest BCUT2D eigenvalue weighted by atomic mass is 79.9. The van der Waals surface area contributed by atoms with E-state index in [2.05, 4.69) is 50.4 Å². The Morgan fingerprint density at radius 1 is 0.966 bits per heavy atom. The molecule has 0 amide bonds. The number of anilines is 2. The molecule has 1 heterocycles. The lowest BCUT2D eigenvalue weighted by Gasteiger charge is -2.21. The third-order valence-electron chi connectivity index (χ3n) is 4.81. The first-order valence-electron chi connectivity index (χ1n) is 9.56. The second kappa shape index (κ2) is 8.61. The molecule has 1 atom stereocenters. The van der Waals surface area contributed by atoms with Crippen LogP contribution in [0.1, 0.15) is 55.8 Å². The summed E-state index contributed by atoms with van der Waals surface area (Å²) >= 11 is 3.62. The molecule has 0 fully saturated rings. The topological polar surface area (TPSA) is 49.8 Å². The minimum absolute atomic E-state index is 0.0621. The number of alkyl halides is 2. The number of hydrogen-bond acceptors (Lipinski definition) is 4. The maximum absolute atomic E-state index is 13.3. The SMILES string of the molecule is Cc1nc(NC(C)c2cccc(C(F)F)c2C)c2cc(Br)c(NC(C)C)cc2n1. The smallest absolute Gasteiger partial charge is 0.264 e. The first-order valence-corrected chi connectivity index (χ1v) is 10.3. The van der Waals surface area contributed by atoms with E-state index in [1.807, 2.05) is 32.0 Å². The van der Waals surface area contributed by atoms with Crippen molar-refractivity contribution in [3.05, 3.63) is 57.3 Å². The third kappa shape index (κ3) is 4.66. The Balaban J connectivity index is 2.02. The van der Waals surface area contributed by atoms with E-state index in [0.29, 0.717) is 17.2 Å². The van der Waals surface area contributed by atoms with Gasteiger partial charge in [-0.25, -0.2) is 18.7 Å². The number of hydrogen-bond donors (Lipinski definition) is 2. The second-order valence-corrected chi connectivity index (χ2v) is 8.35. The average Bonchev–Trinajstić information content (AvgIpc) is 2.62.